The highest BCUT2D eigenvalue weighted by atomic mass is 35.5. The van der Waals surface area contributed by atoms with Crippen LogP contribution in [0.1, 0.15) is 24.0 Å². The summed E-state index contributed by atoms with van der Waals surface area (Å²) < 4.78 is 0. The van der Waals surface area contributed by atoms with Gasteiger partial charge < -0.3 is 9.80 Å². The molecule has 0 aliphatic carbocycles. The van der Waals surface area contributed by atoms with Crippen LogP contribution in [0.15, 0.2) is 48.5 Å². The van der Waals surface area contributed by atoms with Crippen molar-refractivity contribution in [1.29, 1.82) is 0 Å². The second-order valence-corrected chi connectivity index (χ2v) is 8.13. The maximum atomic E-state index is 11.5. The molecule has 0 saturated carbocycles. The number of piperidine rings is 1. The lowest BCUT2D eigenvalue weighted by Gasteiger charge is -2.33. The van der Waals surface area contributed by atoms with E-state index in [2.05, 4.69) is 35.2 Å². The molecule has 1 heterocycles. The van der Waals surface area contributed by atoms with E-state index in [0.717, 1.165) is 37.5 Å². The van der Waals surface area contributed by atoms with Crippen molar-refractivity contribution >= 4 is 29.6 Å². The third-order valence-electron chi connectivity index (χ3n) is 5.32. The van der Waals surface area contributed by atoms with E-state index in [1.165, 1.54) is 24.8 Å². The summed E-state index contributed by atoms with van der Waals surface area (Å²) in [6.45, 7) is 4.34. The first-order chi connectivity index (χ1) is 13.1. The number of halogens is 2. The van der Waals surface area contributed by atoms with E-state index in [1.54, 1.807) is 11.0 Å². The van der Waals surface area contributed by atoms with Crippen LogP contribution in [0.3, 0.4) is 0 Å². The van der Waals surface area contributed by atoms with E-state index >= 15 is 0 Å². The maximum Gasteiger partial charge on any atom is 0.210 e. The number of nitrogens with zero attached hydrogens (tertiary/aromatic N) is 2. The fourth-order valence-corrected chi connectivity index (χ4v) is 4.14. The molecule has 0 spiro atoms. The molecule has 1 amide bonds. The lowest BCUT2D eigenvalue weighted by Crippen LogP contribution is -2.39. The molecule has 2 aromatic carbocycles. The molecule has 0 N–H and O–H groups in total. The van der Waals surface area contributed by atoms with Crippen molar-refractivity contribution < 1.29 is 4.79 Å². The van der Waals surface area contributed by atoms with E-state index in [4.69, 9.17) is 23.2 Å². The summed E-state index contributed by atoms with van der Waals surface area (Å²) in [7, 11) is 0. The Hall–Kier alpha value is -1.55. The van der Waals surface area contributed by atoms with Crippen LogP contribution in [0.5, 0.6) is 0 Å². The molecule has 3 rings (SSSR count). The molecule has 0 bridgehead atoms. The minimum Gasteiger partial charge on any atom is -0.340 e. The molecule has 27 heavy (non-hydrogen) atoms. The van der Waals surface area contributed by atoms with E-state index in [-0.39, 0.29) is 0 Å². The van der Waals surface area contributed by atoms with Crippen LogP contribution in [0, 0.1) is 5.92 Å². The lowest BCUT2D eigenvalue weighted by molar-refractivity contribution is -0.118. The number of benzene rings is 2. The van der Waals surface area contributed by atoms with Crippen molar-refractivity contribution in [2.75, 3.05) is 26.2 Å². The first-order valence-electron chi connectivity index (χ1n) is 9.53. The highest BCUT2D eigenvalue weighted by molar-refractivity contribution is 6.35. The molecular formula is C22H26Cl2N2O. The Labute approximate surface area is 171 Å². The number of carbonyl (C=O) groups is 1. The molecule has 0 radical (unpaired) electrons. The van der Waals surface area contributed by atoms with Gasteiger partial charge in [-0.3, -0.25) is 4.79 Å². The normalized spacial score (nSPS) is 15.6. The zero-order chi connectivity index (χ0) is 19.1. The molecule has 2 aromatic rings. The number of hydrogen-bond acceptors (Lipinski definition) is 2. The van der Waals surface area contributed by atoms with Gasteiger partial charge in [0, 0.05) is 29.7 Å². The second-order valence-electron chi connectivity index (χ2n) is 7.29. The minimum absolute atomic E-state index is 0.518. The molecule has 0 unspecified atom stereocenters. The van der Waals surface area contributed by atoms with Crippen LogP contribution in [0.2, 0.25) is 10.0 Å². The molecule has 1 aliphatic rings. The van der Waals surface area contributed by atoms with Crippen molar-refractivity contribution in [3.05, 3.63) is 69.7 Å². The molecule has 144 valence electrons. The lowest BCUT2D eigenvalue weighted by atomic mass is 9.90. The smallest absolute Gasteiger partial charge is 0.210 e. The Bertz CT molecular complexity index is 730. The Morgan fingerprint density at radius 2 is 1.81 bits per heavy atom. The van der Waals surface area contributed by atoms with Gasteiger partial charge in [0.05, 0.1) is 0 Å². The molecule has 1 fully saturated rings. The molecule has 1 aliphatic heterocycles. The molecule has 3 nitrogen and oxygen atoms in total. The number of rotatable bonds is 8. The van der Waals surface area contributed by atoms with Gasteiger partial charge in [-0.05, 0) is 61.5 Å². The van der Waals surface area contributed by atoms with Gasteiger partial charge in [0.25, 0.3) is 0 Å². The zero-order valence-corrected chi connectivity index (χ0v) is 17.0. The molecule has 0 atom stereocenters. The summed E-state index contributed by atoms with van der Waals surface area (Å²) in [5.41, 5.74) is 2.36. The maximum absolute atomic E-state index is 11.5. The molecule has 0 aromatic heterocycles. The van der Waals surface area contributed by atoms with Crippen molar-refractivity contribution in [2.45, 2.75) is 25.8 Å². The highest BCUT2D eigenvalue weighted by Gasteiger charge is 2.20. The largest absolute Gasteiger partial charge is 0.340 e. The van der Waals surface area contributed by atoms with E-state index < -0.39 is 0 Å². The Balaban J connectivity index is 1.42. The number of hydrogen-bond donors (Lipinski definition) is 0. The predicted octanol–water partition coefficient (Wildman–Crippen LogP) is 4.91. The van der Waals surface area contributed by atoms with Crippen LogP contribution in [-0.4, -0.2) is 42.4 Å². The van der Waals surface area contributed by atoms with Gasteiger partial charge in [0.1, 0.15) is 0 Å². The first-order valence-corrected chi connectivity index (χ1v) is 10.3. The van der Waals surface area contributed by atoms with Crippen LogP contribution in [-0.2, 0) is 17.8 Å². The highest BCUT2D eigenvalue weighted by Crippen LogP contribution is 2.23. The van der Waals surface area contributed by atoms with Gasteiger partial charge in [0.2, 0.25) is 6.41 Å². The van der Waals surface area contributed by atoms with E-state index in [1.807, 2.05) is 12.1 Å². The van der Waals surface area contributed by atoms with Crippen LogP contribution in [0.4, 0.5) is 0 Å². The van der Waals surface area contributed by atoms with Crippen molar-refractivity contribution in [3.63, 3.8) is 0 Å². The summed E-state index contributed by atoms with van der Waals surface area (Å²) in [6, 6.07) is 16.2. The fraction of sp³-hybridized carbons (Fsp3) is 0.409. The first kappa shape index (κ1) is 20.2. The summed E-state index contributed by atoms with van der Waals surface area (Å²) in [5.74, 6) is 0.763. The molecule has 5 heteroatoms. The van der Waals surface area contributed by atoms with Gasteiger partial charge in [-0.2, -0.15) is 0 Å². The average Bonchev–Trinajstić information content (AvgIpc) is 2.69. The summed E-state index contributed by atoms with van der Waals surface area (Å²) in [4.78, 5) is 15.7. The average molecular weight is 405 g/mol. The van der Waals surface area contributed by atoms with Crippen molar-refractivity contribution in [3.8, 4) is 0 Å². The monoisotopic (exact) mass is 404 g/mol. The number of carbonyl (C=O) groups excluding carboxylic acids is 1. The van der Waals surface area contributed by atoms with Gasteiger partial charge in [-0.15, -0.1) is 0 Å². The van der Waals surface area contributed by atoms with Crippen LogP contribution in [0.25, 0.3) is 0 Å². The Kier molecular flexibility index (Phi) is 7.57. The van der Waals surface area contributed by atoms with Gasteiger partial charge in [0.15, 0.2) is 0 Å². The Morgan fingerprint density at radius 3 is 2.48 bits per heavy atom. The van der Waals surface area contributed by atoms with Gasteiger partial charge >= 0.3 is 0 Å². The zero-order valence-electron chi connectivity index (χ0n) is 15.5. The topological polar surface area (TPSA) is 23.6 Å². The van der Waals surface area contributed by atoms with E-state index in [9.17, 15) is 4.79 Å². The Morgan fingerprint density at radius 1 is 1.07 bits per heavy atom. The SMILES string of the molecule is O=CN(CCN1CCC(Cc2ccccc2)CC1)Cc1ccc(Cl)cc1Cl. The molecule has 1 saturated heterocycles. The van der Waals surface area contributed by atoms with Crippen molar-refractivity contribution in [2.24, 2.45) is 5.92 Å². The van der Waals surface area contributed by atoms with Gasteiger partial charge in [-0.25, -0.2) is 0 Å². The second kappa shape index (κ2) is 10.1. The number of likely N-dealkylation sites (tertiary alicyclic amines) is 1. The quantitative estimate of drug-likeness (QED) is 0.583. The van der Waals surface area contributed by atoms with Crippen LogP contribution < -0.4 is 0 Å². The van der Waals surface area contributed by atoms with E-state index in [0.29, 0.717) is 23.1 Å². The third-order valence-corrected chi connectivity index (χ3v) is 5.90. The van der Waals surface area contributed by atoms with Crippen molar-refractivity contribution in [1.82, 2.24) is 9.80 Å². The van der Waals surface area contributed by atoms with Crippen LogP contribution >= 0.6 is 23.2 Å². The third kappa shape index (κ3) is 6.24. The molecular weight excluding hydrogens is 379 g/mol. The summed E-state index contributed by atoms with van der Waals surface area (Å²) >= 11 is 12.2. The summed E-state index contributed by atoms with van der Waals surface area (Å²) in [5, 5.41) is 1.22. The minimum atomic E-state index is 0.518. The predicted molar refractivity (Wildman–Crippen MR) is 112 cm³/mol. The van der Waals surface area contributed by atoms with Gasteiger partial charge in [-0.1, -0.05) is 59.6 Å². The number of amides is 1. The fourth-order valence-electron chi connectivity index (χ4n) is 3.67. The summed E-state index contributed by atoms with van der Waals surface area (Å²) in [6.07, 6.45) is 4.52. The standard InChI is InChI=1S/C22H26Cl2N2O/c23-21-7-6-20(22(24)15-21)16-26(17-27)13-12-25-10-8-19(9-11-25)14-18-4-2-1-3-5-18/h1-7,15,17,19H,8-14,16H2.